The number of unbranched alkanes of at least 4 members (excludes halogenated alkanes) is 1. The van der Waals surface area contributed by atoms with E-state index in [1.165, 1.54) is 6.42 Å². The Morgan fingerprint density at radius 2 is 2.20 bits per heavy atom. The Morgan fingerprint density at radius 3 is 2.87 bits per heavy atom. The Hall–Kier alpha value is -0.350. The van der Waals surface area contributed by atoms with Gasteiger partial charge in [0.05, 0.1) is 11.1 Å². The van der Waals surface area contributed by atoms with Gasteiger partial charge in [-0.05, 0) is 28.8 Å². The highest BCUT2D eigenvalue weighted by molar-refractivity contribution is 9.10. The van der Waals surface area contributed by atoms with Crippen molar-refractivity contribution in [3.05, 3.63) is 16.4 Å². The van der Waals surface area contributed by atoms with Gasteiger partial charge in [-0.15, -0.1) is 0 Å². The quantitative estimate of drug-likeness (QED) is 0.713. The molecule has 15 heavy (non-hydrogen) atoms. The van der Waals surface area contributed by atoms with Crippen LogP contribution in [0.1, 0.15) is 38.8 Å². The summed E-state index contributed by atoms with van der Waals surface area (Å²) in [6, 6.07) is 0. The van der Waals surface area contributed by atoms with Gasteiger partial charge in [0.15, 0.2) is 0 Å². The zero-order chi connectivity index (χ0) is 11.1. The first-order valence-corrected chi connectivity index (χ1v) is 6.36. The lowest BCUT2D eigenvalue weighted by molar-refractivity contribution is 0.114. The second-order valence-corrected chi connectivity index (χ2v) is 4.45. The summed E-state index contributed by atoms with van der Waals surface area (Å²) in [4.78, 5) is 0. The molecule has 0 atom stereocenters. The molecule has 0 aromatic carbocycles. The summed E-state index contributed by atoms with van der Waals surface area (Å²) in [6.07, 6.45) is 5.41. The minimum Gasteiger partial charge on any atom is -0.375 e. The summed E-state index contributed by atoms with van der Waals surface area (Å²) in [7, 11) is 0. The van der Waals surface area contributed by atoms with Crippen molar-refractivity contribution in [3.63, 3.8) is 0 Å². The van der Waals surface area contributed by atoms with E-state index in [4.69, 9.17) is 4.74 Å². The fraction of sp³-hybridized carbons (Fsp3) is 0.727. The lowest BCUT2D eigenvalue weighted by atomic mass is 10.4. The Bertz CT molecular complexity index is 286. The molecule has 0 amide bonds. The van der Waals surface area contributed by atoms with Crippen molar-refractivity contribution in [2.75, 3.05) is 6.61 Å². The van der Waals surface area contributed by atoms with Gasteiger partial charge in [-0.2, -0.15) is 5.10 Å². The molecule has 4 heteroatoms. The fourth-order valence-corrected chi connectivity index (χ4v) is 1.72. The van der Waals surface area contributed by atoms with E-state index in [-0.39, 0.29) is 0 Å². The maximum Gasteiger partial charge on any atom is 0.102 e. The van der Waals surface area contributed by atoms with E-state index in [9.17, 15) is 0 Å². The monoisotopic (exact) mass is 274 g/mol. The third-order valence-electron chi connectivity index (χ3n) is 2.12. The molecule has 0 aliphatic heterocycles. The molecule has 0 N–H and O–H groups in total. The number of hydrogen-bond donors (Lipinski definition) is 0. The van der Waals surface area contributed by atoms with E-state index in [0.29, 0.717) is 6.61 Å². The van der Waals surface area contributed by atoms with Crippen molar-refractivity contribution in [1.82, 2.24) is 9.78 Å². The van der Waals surface area contributed by atoms with Gasteiger partial charge < -0.3 is 4.74 Å². The van der Waals surface area contributed by atoms with E-state index in [1.807, 2.05) is 10.9 Å². The number of rotatable bonds is 7. The second kappa shape index (κ2) is 7.01. The molecule has 0 fully saturated rings. The number of aromatic nitrogens is 2. The molecule has 0 saturated heterocycles. The van der Waals surface area contributed by atoms with Gasteiger partial charge in [0.25, 0.3) is 0 Å². The second-order valence-electron chi connectivity index (χ2n) is 3.59. The highest BCUT2D eigenvalue weighted by Crippen LogP contribution is 2.16. The van der Waals surface area contributed by atoms with Crippen LogP contribution in [-0.4, -0.2) is 16.4 Å². The molecule has 86 valence electrons. The Kier molecular flexibility index (Phi) is 5.95. The minimum absolute atomic E-state index is 0.608. The normalized spacial score (nSPS) is 10.9. The zero-order valence-electron chi connectivity index (χ0n) is 9.50. The van der Waals surface area contributed by atoms with Crippen LogP contribution in [0.15, 0.2) is 10.7 Å². The van der Waals surface area contributed by atoms with E-state index >= 15 is 0 Å². The summed E-state index contributed by atoms with van der Waals surface area (Å²) in [5, 5.41) is 4.44. The minimum atomic E-state index is 0.608. The standard InChI is InChI=1S/C11H19BrN2O/c1-3-5-7-15-9-11-10(12)8-14(13-11)6-4-2/h8H,3-7,9H2,1-2H3. The number of aryl methyl sites for hydroxylation is 1. The molecule has 0 radical (unpaired) electrons. The van der Waals surface area contributed by atoms with Crippen LogP contribution in [0.2, 0.25) is 0 Å². The van der Waals surface area contributed by atoms with E-state index < -0.39 is 0 Å². The van der Waals surface area contributed by atoms with Gasteiger partial charge >= 0.3 is 0 Å². The first-order valence-electron chi connectivity index (χ1n) is 5.57. The average Bonchev–Trinajstić information content (AvgIpc) is 2.55. The SMILES string of the molecule is CCCCOCc1nn(CCC)cc1Br. The Morgan fingerprint density at radius 1 is 1.40 bits per heavy atom. The number of nitrogens with zero attached hydrogens (tertiary/aromatic N) is 2. The van der Waals surface area contributed by atoms with Crippen LogP contribution in [0.25, 0.3) is 0 Å². The van der Waals surface area contributed by atoms with Gasteiger partial charge in [0.2, 0.25) is 0 Å². The van der Waals surface area contributed by atoms with E-state index in [1.54, 1.807) is 0 Å². The van der Waals surface area contributed by atoms with Crippen molar-refractivity contribution in [3.8, 4) is 0 Å². The topological polar surface area (TPSA) is 27.1 Å². The van der Waals surface area contributed by atoms with Crippen molar-refractivity contribution in [2.24, 2.45) is 0 Å². The fourth-order valence-electron chi connectivity index (χ4n) is 1.29. The van der Waals surface area contributed by atoms with Crippen molar-refractivity contribution in [1.29, 1.82) is 0 Å². The molecule has 3 nitrogen and oxygen atoms in total. The largest absolute Gasteiger partial charge is 0.375 e. The molecule has 0 aliphatic rings. The summed E-state index contributed by atoms with van der Waals surface area (Å²) in [5.41, 5.74) is 1.000. The summed E-state index contributed by atoms with van der Waals surface area (Å²) in [5.74, 6) is 0. The predicted molar refractivity (Wildman–Crippen MR) is 64.8 cm³/mol. The van der Waals surface area contributed by atoms with Gasteiger partial charge in [-0.3, -0.25) is 4.68 Å². The van der Waals surface area contributed by atoms with E-state index in [2.05, 4.69) is 34.9 Å². The average molecular weight is 275 g/mol. The zero-order valence-corrected chi connectivity index (χ0v) is 11.1. The molecule has 1 aromatic heterocycles. The van der Waals surface area contributed by atoms with Gasteiger partial charge in [0, 0.05) is 19.3 Å². The van der Waals surface area contributed by atoms with Crippen LogP contribution < -0.4 is 0 Å². The highest BCUT2D eigenvalue weighted by atomic mass is 79.9. The predicted octanol–water partition coefficient (Wildman–Crippen LogP) is 3.37. The van der Waals surface area contributed by atoms with Crippen LogP contribution in [0.5, 0.6) is 0 Å². The lowest BCUT2D eigenvalue weighted by Gasteiger charge is -2.00. The van der Waals surface area contributed by atoms with Crippen LogP contribution in [-0.2, 0) is 17.9 Å². The summed E-state index contributed by atoms with van der Waals surface area (Å²) < 4.78 is 8.54. The highest BCUT2D eigenvalue weighted by Gasteiger charge is 2.05. The number of hydrogen-bond acceptors (Lipinski definition) is 2. The third-order valence-corrected chi connectivity index (χ3v) is 2.78. The maximum absolute atomic E-state index is 5.53. The van der Waals surface area contributed by atoms with Crippen LogP contribution in [0, 0.1) is 0 Å². The molecular weight excluding hydrogens is 256 g/mol. The molecule has 1 rings (SSSR count). The molecule has 0 unspecified atom stereocenters. The molecule has 0 saturated carbocycles. The molecular formula is C11H19BrN2O. The van der Waals surface area contributed by atoms with Crippen molar-refractivity contribution in [2.45, 2.75) is 46.3 Å². The molecule has 1 heterocycles. The smallest absolute Gasteiger partial charge is 0.102 e. The summed E-state index contributed by atoms with van der Waals surface area (Å²) in [6.45, 7) is 6.71. The molecule has 1 aromatic rings. The maximum atomic E-state index is 5.53. The first kappa shape index (κ1) is 12.7. The van der Waals surface area contributed by atoms with Crippen LogP contribution >= 0.6 is 15.9 Å². The Labute approximate surface area is 99.9 Å². The van der Waals surface area contributed by atoms with Gasteiger partial charge in [0.1, 0.15) is 5.69 Å². The first-order chi connectivity index (χ1) is 7.27. The summed E-state index contributed by atoms with van der Waals surface area (Å²) >= 11 is 3.49. The van der Waals surface area contributed by atoms with Crippen LogP contribution in [0.3, 0.4) is 0 Å². The van der Waals surface area contributed by atoms with Gasteiger partial charge in [-0.1, -0.05) is 20.3 Å². The van der Waals surface area contributed by atoms with Crippen LogP contribution in [0.4, 0.5) is 0 Å². The lowest BCUT2D eigenvalue weighted by Crippen LogP contribution is -2.00. The van der Waals surface area contributed by atoms with Gasteiger partial charge in [-0.25, -0.2) is 0 Å². The molecule has 0 aliphatic carbocycles. The third kappa shape index (κ3) is 4.34. The Balaban J connectivity index is 2.39. The van der Waals surface area contributed by atoms with E-state index in [0.717, 1.165) is 36.2 Å². The number of halogens is 1. The van der Waals surface area contributed by atoms with Crippen molar-refractivity contribution < 1.29 is 4.74 Å². The number of ether oxygens (including phenoxy) is 1. The molecule has 0 spiro atoms. The van der Waals surface area contributed by atoms with Crippen molar-refractivity contribution >= 4 is 15.9 Å². The molecule has 0 bridgehead atoms.